The fraction of sp³-hybridized carbons (Fsp3) is 0.188. The summed E-state index contributed by atoms with van der Waals surface area (Å²) in [6.45, 7) is 1.53. The zero-order valence-corrected chi connectivity index (χ0v) is 13.7. The molecule has 0 spiro atoms. The van der Waals surface area contributed by atoms with Crippen LogP contribution in [0.4, 0.5) is 13.2 Å². The Bertz CT molecular complexity index is 1100. The number of carbonyl (C=O) groups is 2. The molecule has 0 aliphatic heterocycles. The molecule has 0 saturated heterocycles. The highest BCUT2D eigenvalue weighted by molar-refractivity contribution is 5.90. The van der Waals surface area contributed by atoms with Gasteiger partial charge in [-0.1, -0.05) is 0 Å². The van der Waals surface area contributed by atoms with Crippen LogP contribution in [0.2, 0.25) is 0 Å². The molecule has 140 valence electrons. The summed E-state index contributed by atoms with van der Waals surface area (Å²) in [7, 11) is 0. The van der Waals surface area contributed by atoms with Gasteiger partial charge < -0.3 is 14.3 Å². The number of aldehydes is 1. The molecule has 27 heavy (non-hydrogen) atoms. The summed E-state index contributed by atoms with van der Waals surface area (Å²) < 4.78 is 46.1. The Balaban J connectivity index is 2.28. The first kappa shape index (κ1) is 18.3. The van der Waals surface area contributed by atoms with Gasteiger partial charge in [0.2, 0.25) is 5.69 Å². The van der Waals surface area contributed by atoms with Crippen LogP contribution in [0.1, 0.15) is 33.5 Å². The van der Waals surface area contributed by atoms with E-state index < -0.39 is 29.0 Å². The number of carbonyl (C=O) groups excluding carboxylic acids is 2. The molecule has 3 rings (SSSR count). The Kier molecular flexibility index (Phi) is 4.52. The van der Waals surface area contributed by atoms with Gasteiger partial charge in [0.15, 0.2) is 6.29 Å². The predicted molar refractivity (Wildman–Crippen MR) is 85.8 cm³/mol. The van der Waals surface area contributed by atoms with Crippen molar-refractivity contribution in [2.75, 3.05) is 6.61 Å². The lowest BCUT2D eigenvalue weighted by Gasteiger charge is -2.14. The second kappa shape index (κ2) is 6.67. The summed E-state index contributed by atoms with van der Waals surface area (Å²) in [4.78, 5) is 44.2. The van der Waals surface area contributed by atoms with Crippen LogP contribution in [0, 0.1) is 0 Å². The first-order chi connectivity index (χ1) is 12.7. The summed E-state index contributed by atoms with van der Waals surface area (Å²) in [6, 6.07) is 1.74. The van der Waals surface area contributed by atoms with E-state index in [1.54, 1.807) is 0 Å². The molecule has 0 saturated carbocycles. The second-order valence-electron chi connectivity index (χ2n) is 5.34. The summed E-state index contributed by atoms with van der Waals surface area (Å²) >= 11 is 0. The molecule has 1 N–H and O–H groups in total. The minimum Gasteiger partial charge on any atom is -0.461 e. The number of aromatic nitrogens is 4. The number of nitrogens with one attached hydrogen (secondary N) is 1. The Morgan fingerprint density at radius 2 is 2.11 bits per heavy atom. The van der Waals surface area contributed by atoms with Crippen LogP contribution in [0.5, 0.6) is 0 Å². The predicted octanol–water partition coefficient (Wildman–Crippen LogP) is 2.12. The van der Waals surface area contributed by atoms with Gasteiger partial charge in [0, 0.05) is 6.20 Å². The van der Waals surface area contributed by atoms with Gasteiger partial charge in [-0.15, -0.1) is 0 Å². The number of hydrogen-bond acceptors (Lipinski definition) is 6. The standard InChI is InChI=1S/C16H11F3N4O4/c1-2-27-15(26)13-14(25)22-10-3-9(16(17,18)19)12(4-11(10)21-13)23-5-8(6-24)20-7-23/h3-7H,2H2,1H3,(H,22,25). The van der Waals surface area contributed by atoms with Gasteiger partial charge in [0.05, 0.1) is 28.9 Å². The summed E-state index contributed by atoms with van der Waals surface area (Å²) in [5.74, 6) is -0.993. The summed E-state index contributed by atoms with van der Waals surface area (Å²) in [5.41, 5.74) is -3.33. The van der Waals surface area contributed by atoms with E-state index in [0.29, 0.717) is 12.4 Å². The van der Waals surface area contributed by atoms with Gasteiger partial charge in [0.25, 0.3) is 5.56 Å². The molecule has 0 atom stereocenters. The molecular formula is C16H11F3N4O4. The molecule has 0 aliphatic carbocycles. The van der Waals surface area contributed by atoms with Crippen molar-refractivity contribution in [2.45, 2.75) is 13.1 Å². The van der Waals surface area contributed by atoms with E-state index in [4.69, 9.17) is 4.74 Å². The zero-order chi connectivity index (χ0) is 19.8. The van der Waals surface area contributed by atoms with E-state index in [2.05, 4.69) is 15.0 Å². The molecule has 8 nitrogen and oxygen atoms in total. The highest BCUT2D eigenvalue weighted by atomic mass is 19.4. The minimum absolute atomic E-state index is 0.000237. The van der Waals surface area contributed by atoms with Crippen LogP contribution in [-0.4, -0.2) is 38.4 Å². The third-order valence-electron chi connectivity index (χ3n) is 3.59. The molecular weight excluding hydrogens is 369 g/mol. The molecule has 0 bridgehead atoms. The maximum Gasteiger partial charge on any atom is 0.418 e. The number of halogens is 3. The smallest absolute Gasteiger partial charge is 0.418 e. The SMILES string of the molecule is CCOC(=O)c1nc2cc(-n3cnc(C=O)c3)c(C(F)(F)F)cc2[nH]c1=O. The van der Waals surface area contributed by atoms with Crippen molar-refractivity contribution in [3.8, 4) is 5.69 Å². The van der Waals surface area contributed by atoms with E-state index in [1.165, 1.54) is 6.92 Å². The van der Waals surface area contributed by atoms with Crippen LogP contribution in [0.3, 0.4) is 0 Å². The fourth-order valence-electron chi connectivity index (χ4n) is 2.43. The minimum atomic E-state index is -4.76. The largest absolute Gasteiger partial charge is 0.461 e. The molecule has 0 radical (unpaired) electrons. The lowest BCUT2D eigenvalue weighted by Crippen LogP contribution is -2.22. The second-order valence-corrected chi connectivity index (χ2v) is 5.34. The van der Waals surface area contributed by atoms with Crippen molar-refractivity contribution >= 4 is 23.3 Å². The quantitative estimate of drug-likeness (QED) is 0.549. The number of alkyl halides is 3. The van der Waals surface area contributed by atoms with E-state index >= 15 is 0 Å². The van der Waals surface area contributed by atoms with Crippen LogP contribution in [0.15, 0.2) is 29.5 Å². The van der Waals surface area contributed by atoms with Crippen molar-refractivity contribution in [1.82, 2.24) is 19.5 Å². The van der Waals surface area contributed by atoms with Crippen molar-refractivity contribution in [2.24, 2.45) is 0 Å². The van der Waals surface area contributed by atoms with Gasteiger partial charge in [-0.25, -0.2) is 14.8 Å². The van der Waals surface area contributed by atoms with Crippen LogP contribution < -0.4 is 5.56 Å². The van der Waals surface area contributed by atoms with Gasteiger partial charge in [-0.05, 0) is 19.1 Å². The van der Waals surface area contributed by atoms with Gasteiger partial charge in [-0.3, -0.25) is 9.59 Å². The van der Waals surface area contributed by atoms with Crippen molar-refractivity contribution < 1.29 is 27.5 Å². The number of ether oxygens (including phenoxy) is 1. The van der Waals surface area contributed by atoms with E-state index in [1.807, 2.05) is 0 Å². The number of nitrogens with zero attached hydrogens (tertiary/aromatic N) is 3. The van der Waals surface area contributed by atoms with Crippen LogP contribution >= 0.6 is 0 Å². The third kappa shape index (κ3) is 3.43. The number of rotatable bonds is 4. The van der Waals surface area contributed by atoms with Gasteiger partial charge in [-0.2, -0.15) is 13.2 Å². The number of esters is 1. The van der Waals surface area contributed by atoms with Crippen LogP contribution in [-0.2, 0) is 10.9 Å². The highest BCUT2D eigenvalue weighted by Gasteiger charge is 2.35. The molecule has 1 aromatic carbocycles. The maximum atomic E-state index is 13.5. The number of fused-ring (bicyclic) bond motifs is 1. The number of aromatic amines is 1. The normalized spacial score (nSPS) is 11.6. The lowest BCUT2D eigenvalue weighted by atomic mass is 10.1. The molecule has 2 heterocycles. The van der Waals surface area contributed by atoms with Gasteiger partial charge in [0.1, 0.15) is 12.0 Å². The topological polar surface area (TPSA) is 107 Å². The van der Waals surface area contributed by atoms with Crippen LogP contribution in [0.25, 0.3) is 16.7 Å². The monoisotopic (exact) mass is 380 g/mol. The van der Waals surface area contributed by atoms with Crippen molar-refractivity contribution in [3.05, 3.63) is 52.0 Å². The highest BCUT2D eigenvalue weighted by Crippen LogP contribution is 2.35. The Labute approximate surface area is 148 Å². The van der Waals surface area contributed by atoms with Gasteiger partial charge >= 0.3 is 12.1 Å². The number of hydrogen-bond donors (Lipinski definition) is 1. The molecule has 0 unspecified atom stereocenters. The zero-order valence-electron chi connectivity index (χ0n) is 13.7. The molecule has 11 heteroatoms. The Morgan fingerprint density at radius 3 is 2.70 bits per heavy atom. The number of imidazole rings is 1. The number of H-pyrrole nitrogens is 1. The molecule has 2 aromatic heterocycles. The maximum absolute atomic E-state index is 13.5. The third-order valence-corrected chi connectivity index (χ3v) is 3.59. The molecule has 0 amide bonds. The summed E-state index contributed by atoms with van der Waals surface area (Å²) in [6.07, 6.45) is -2.22. The lowest BCUT2D eigenvalue weighted by molar-refractivity contribution is -0.137. The van der Waals surface area contributed by atoms with E-state index in [-0.39, 0.29) is 29.0 Å². The average Bonchev–Trinajstić information content (AvgIpc) is 3.08. The van der Waals surface area contributed by atoms with Crippen molar-refractivity contribution in [3.63, 3.8) is 0 Å². The molecule has 3 aromatic rings. The summed E-state index contributed by atoms with van der Waals surface area (Å²) in [5, 5.41) is 0. The molecule has 0 fully saturated rings. The first-order valence-electron chi connectivity index (χ1n) is 7.56. The fourth-order valence-corrected chi connectivity index (χ4v) is 2.43. The van der Waals surface area contributed by atoms with E-state index in [9.17, 15) is 27.6 Å². The Morgan fingerprint density at radius 1 is 1.37 bits per heavy atom. The van der Waals surface area contributed by atoms with E-state index in [0.717, 1.165) is 23.2 Å². The average molecular weight is 380 g/mol. The first-order valence-corrected chi connectivity index (χ1v) is 7.56. The van der Waals surface area contributed by atoms with Crippen molar-refractivity contribution in [1.29, 1.82) is 0 Å². The molecule has 0 aliphatic rings. The Hall–Kier alpha value is -3.50. The number of benzene rings is 1.